The molecule has 2 aromatic carbocycles. The molecular formula is C21H25N3O. The molecule has 25 heavy (non-hydrogen) atoms. The minimum Gasteiger partial charge on any atom is -0.392 e. The molecule has 0 spiro atoms. The Labute approximate surface area is 149 Å². The third kappa shape index (κ3) is 4.67. The zero-order valence-electron chi connectivity index (χ0n) is 14.6. The summed E-state index contributed by atoms with van der Waals surface area (Å²) in [5, 5.41) is 22.7. The average Bonchev–Trinajstić information content (AvgIpc) is 2.99. The lowest BCUT2D eigenvalue weighted by atomic mass is 10.0. The fourth-order valence-corrected chi connectivity index (χ4v) is 3.49. The van der Waals surface area contributed by atoms with Crippen LogP contribution in [0.2, 0.25) is 0 Å². The molecule has 0 saturated carbocycles. The third-order valence-corrected chi connectivity index (χ3v) is 4.91. The summed E-state index contributed by atoms with van der Waals surface area (Å²) in [7, 11) is 0. The van der Waals surface area contributed by atoms with E-state index in [-0.39, 0.29) is 12.1 Å². The number of β-amino-alcohol motifs (C(OH)–C–C–N with tert-alkyl or cyclic N) is 1. The van der Waals surface area contributed by atoms with E-state index in [9.17, 15) is 5.11 Å². The highest BCUT2D eigenvalue weighted by atomic mass is 16.3. The molecule has 3 atom stereocenters. The molecular weight excluding hydrogens is 310 g/mol. The molecule has 0 aliphatic carbocycles. The topological polar surface area (TPSA) is 59.3 Å². The Balaban J connectivity index is 1.59. The molecule has 0 amide bonds. The van der Waals surface area contributed by atoms with Crippen molar-refractivity contribution in [1.29, 1.82) is 5.26 Å². The second kappa shape index (κ2) is 8.26. The zero-order valence-corrected chi connectivity index (χ0v) is 14.6. The lowest BCUT2D eigenvalue weighted by molar-refractivity contribution is 0.172. The summed E-state index contributed by atoms with van der Waals surface area (Å²) in [5.74, 6) is 0. The summed E-state index contributed by atoms with van der Waals surface area (Å²) >= 11 is 0. The van der Waals surface area contributed by atoms with Crippen LogP contribution in [0.3, 0.4) is 0 Å². The quantitative estimate of drug-likeness (QED) is 0.852. The van der Waals surface area contributed by atoms with Crippen molar-refractivity contribution >= 4 is 0 Å². The van der Waals surface area contributed by atoms with Crippen LogP contribution in [0.15, 0.2) is 54.6 Å². The van der Waals surface area contributed by atoms with E-state index in [2.05, 4.69) is 47.5 Å². The highest BCUT2D eigenvalue weighted by Crippen LogP contribution is 2.21. The zero-order chi connectivity index (χ0) is 17.6. The highest BCUT2D eigenvalue weighted by Gasteiger charge is 2.30. The first-order valence-electron chi connectivity index (χ1n) is 8.85. The van der Waals surface area contributed by atoms with Gasteiger partial charge in [0.15, 0.2) is 0 Å². The van der Waals surface area contributed by atoms with Crippen LogP contribution in [0.4, 0.5) is 0 Å². The first-order chi connectivity index (χ1) is 12.2. The number of hydrogen-bond donors (Lipinski definition) is 2. The molecule has 1 saturated heterocycles. The van der Waals surface area contributed by atoms with Crippen LogP contribution < -0.4 is 5.32 Å². The Kier molecular flexibility index (Phi) is 5.83. The van der Waals surface area contributed by atoms with Crippen LogP contribution in [-0.4, -0.2) is 35.2 Å². The van der Waals surface area contributed by atoms with E-state index >= 15 is 0 Å². The molecule has 0 bridgehead atoms. The third-order valence-electron chi connectivity index (χ3n) is 4.91. The molecule has 1 heterocycles. The van der Waals surface area contributed by atoms with Gasteiger partial charge in [0.1, 0.15) is 0 Å². The van der Waals surface area contributed by atoms with Crippen molar-refractivity contribution < 1.29 is 5.11 Å². The van der Waals surface area contributed by atoms with Crippen LogP contribution in [0.25, 0.3) is 0 Å². The van der Waals surface area contributed by atoms with E-state index in [1.807, 2.05) is 30.3 Å². The minimum atomic E-state index is -0.257. The lowest BCUT2D eigenvalue weighted by Crippen LogP contribution is -2.38. The Morgan fingerprint density at radius 2 is 2.04 bits per heavy atom. The first kappa shape index (κ1) is 17.6. The van der Waals surface area contributed by atoms with Crippen molar-refractivity contribution in [3.63, 3.8) is 0 Å². The second-order valence-electron chi connectivity index (χ2n) is 6.83. The van der Waals surface area contributed by atoms with Gasteiger partial charge < -0.3 is 10.4 Å². The van der Waals surface area contributed by atoms with Crippen LogP contribution >= 0.6 is 0 Å². The Morgan fingerprint density at radius 1 is 1.24 bits per heavy atom. The largest absolute Gasteiger partial charge is 0.392 e. The van der Waals surface area contributed by atoms with Crippen LogP contribution in [0, 0.1) is 11.3 Å². The number of aliphatic hydroxyl groups is 1. The Bertz CT molecular complexity index is 725. The van der Waals surface area contributed by atoms with Gasteiger partial charge in [0, 0.05) is 31.7 Å². The van der Waals surface area contributed by atoms with Crippen LogP contribution in [0.1, 0.15) is 36.1 Å². The molecule has 2 aromatic rings. The fraction of sp³-hybridized carbons (Fsp3) is 0.381. The molecule has 0 aromatic heterocycles. The number of aliphatic hydroxyl groups excluding tert-OH is 1. The van der Waals surface area contributed by atoms with Gasteiger partial charge in [-0.25, -0.2) is 0 Å². The number of nitriles is 1. The summed E-state index contributed by atoms with van der Waals surface area (Å²) in [5.41, 5.74) is 3.08. The van der Waals surface area contributed by atoms with Gasteiger partial charge in [0.05, 0.1) is 17.7 Å². The molecule has 1 fully saturated rings. The van der Waals surface area contributed by atoms with Crippen molar-refractivity contribution in [3.05, 3.63) is 71.3 Å². The van der Waals surface area contributed by atoms with Crippen molar-refractivity contribution in [3.8, 4) is 6.07 Å². The van der Waals surface area contributed by atoms with Crippen molar-refractivity contribution in [2.24, 2.45) is 0 Å². The standard InChI is InChI=1S/C21H25N3O/c1-16(19-9-5-8-18(10-19)12-22)23-13-20-11-21(25)15-24(20)14-17-6-3-2-4-7-17/h2-10,16,20-21,23,25H,11,13-15H2,1H3. The second-order valence-corrected chi connectivity index (χ2v) is 6.83. The molecule has 1 aliphatic heterocycles. The molecule has 3 unspecified atom stereocenters. The van der Waals surface area contributed by atoms with Gasteiger partial charge >= 0.3 is 0 Å². The molecule has 1 aliphatic rings. The molecule has 0 radical (unpaired) electrons. The predicted octanol–water partition coefficient (Wildman–Crippen LogP) is 2.84. The van der Waals surface area contributed by atoms with E-state index in [0.29, 0.717) is 11.6 Å². The summed E-state index contributed by atoms with van der Waals surface area (Å²) < 4.78 is 0. The van der Waals surface area contributed by atoms with Crippen molar-refractivity contribution in [2.75, 3.05) is 13.1 Å². The number of nitrogens with one attached hydrogen (secondary N) is 1. The van der Waals surface area contributed by atoms with Gasteiger partial charge in [-0.1, -0.05) is 42.5 Å². The minimum absolute atomic E-state index is 0.171. The Morgan fingerprint density at radius 3 is 2.80 bits per heavy atom. The normalized spacial score (nSPS) is 21.8. The molecule has 3 rings (SSSR count). The van der Waals surface area contributed by atoms with Gasteiger partial charge in [0.2, 0.25) is 0 Å². The van der Waals surface area contributed by atoms with E-state index in [1.54, 1.807) is 0 Å². The number of rotatable bonds is 6. The van der Waals surface area contributed by atoms with E-state index in [4.69, 9.17) is 5.26 Å². The van der Waals surface area contributed by atoms with E-state index in [1.165, 1.54) is 5.56 Å². The molecule has 4 heteroatoms. The SMILES string of the molecule is CC(NCC1CC(O)CN1Cc1ccccc1)c1cccc(C#N)c1. The maximum Gasteiger partial charge on any atom is 0.0991 e. The number of likely N-dealkylation sites (tertiary alicyclic amines) is 1. The molecule has 130 valence electrons. The van der Waals surface area contributed by atoms with Gasteiger partial charge in [-0.3, -0.25) is 4.90 Å². The van der Waals surface area contributed by atoms with E-state index < -0.39 is 0 Å². The maximum atomic E-state index is 10.1. The van der Waals surface area contributed by atoms with Crippen molar-refractivity contribution in [2.45, 2.75) is 38.1 Å². The Hall–Kier alpha value is -2.19. The number of nitrogens with zero attached hydrogens (tertiary/aromatic N) is 2. The van der Waals surface area contributed by atoms with Crippen LogP contribution in [-0.2, 0) is 6.54 Å². The van der Waals surface area contributed by atoms with Gasteiger partial charge in [-0.05, 0) is 36.6 Å². The lowest BCUT2D eigenvalue weighted by Gasteiger charge is -2.26. The molecule has 2 N–H and O–H groups in total. The summed E-state index contributed by atoms with van der Waals surface area (Å²) in [6.45, 7) is 4.52. The average molecular weight is 335 g/mol. The highest BCUT2D eigenvalue weighted by molar-refractivity contribution is 5.34. The summed E-state index contributed by atoms with van der Waals surface area (Å²) in [6, 6.07) is 20.8. The number of hydrogen-bond acceptors (Lipinski definition) is 4. The molecule has 4 nitrogen and oxygen atoms in total. The fourth-order valence-electron chi connectivity index (χ4n) is 3.49. The predicted molar refractivity (Wildman–Crippen MR) is 98.8 cm³/mol. The van der Waals surface area contributed by atoms with E-state index in [0.717, 1.165) is 31.6 Å². The van der Waals surface area contributed by atoms with Gasteiger partial charge in [-0.2, -0.15) is 5.26 Å². The summed E-state index contributed by atoms with van der Waals surface area (Å²) in [4.78, 5) is 2.35. The first-order valence-corrected chi connectivity index (χ1v) is 8.85. The van der Waals surface area contributed by atoms with Gasteiger partial charge in [0.25, 0.3) is 0 Å². The summed E-state index contributed by atoms with van der Waals surface area (Å²) in [6.07, 6.45) is 0.540. The van der Waals surface area contributed by atoms with Crippen LogP contribution in [0.5, 0.6) is 0 Å². The smallest absolute Gasteiger partial charge is 0.0991 e. The monoisotopic (exact) mass is 335 g/mol. The maximum absolute atomic E-state index is 10.1. The van der Waals surface area contributed by atoms with Crippen molar-refractivity contribution in [1.82, 2.24) is 10.2 Å². The number of benzene rings is 2. The van der Waals surface area contributed by atoms with Gasteiger partial charge in [-0.15, -0.1) is 0 Å².